The minimum Gasteiger partial charge on any atom is -0.407 e. The highest BCUT2D eigenvalue weighted by Gasteiger charge is 2.50. The van der Waals surface area contributed by atoms with Crippen molar-refractivity contribution in [1.82, 2.24) is 0 Å². The van der Waals surface area contributed by atoms with Gasteiger partial charge in [-0.3, -0.25) is 0 Å². The van der Waals surface area contributed by atoms with E-state index in [0.29, 0.717) is 6.61 Å². The average Bonchev–Trinajstić information content (AvgIpc) is 3.38. The molecular formula is C22H28O2Si. The quantitative estimate of drug-likeness (QED) is 0.428. The Labute approximate surface area is 152 Å². The zero-order valence-electron chi connectivity index (χ0n) is 15.4. The maximum Gasteiger partial charge on any atom is 0.261 e. The van der Waals surface area contributed by atoms with E-state index in [4.69, 9.17) is 9.16 Å². The lowest BCUT2D eigenvalue weighted by Crippen LogP contribution is -2.66. The smallest absolute Gasteiger partial charge is 0.261 e. The number of ether oxygens (including phenoxy) is 1. The van der Waals surface area contributed by atoms with Crippen LogP contribution < -0.4 is 10.4 Å². The van der Waals surface area contributed by atoms with E-state index >= 15 is 0 Å². The summed E-state index contributed by atoms with van der Waals surface area (Å²) in [4.78, 5) is 0. The van der Waals surface area contributed by atoms with Gasteiger partial charge in [0.2, 0.25) is 0 Å². The molecule has 1 saturated heterocycles. The van der Waals surface area contributed by atoms with E-state index in [0.717, 1.165) is 6.42 Å². The van der Waals surface area contributed by atoms with Gasteiger partial charge in [0, 0.05) is 6.61 Å². The van der Waals surface area contributed by atoms with E-state index in [1.54, 1.807) is 0 Å². The maximum atomic E-state index is 6.83. The lowest BCUT2D eigenvalue weighted by molar-refractivity contribution is 0.268. The van der Waals surface area contributed by atoms with Gasteiger partial charge in [-0.05, 0) is 21.8 Å². The Morgan fingerprint density at radius 2 is 1.52 bits per heavy atom. The molecular weight excluding hydrogens is 324 g/mol. The first-order valence-corrected chi connectivity index (χ1v) is 10.9. The van der Waals surface area contributed by atoms with E-state index in [1.807, 2.05) is 6.08 Å². The summed E-state index contributed by atoms with van der Waals surface area (Å²) < 4.78 is 12.4. The number of epoxide rings is 1. The Morgan fingerprint density at radius 1 is 1.00 bits per heavy atom. The highest BCUT2D eigenvalue weighted by atomic mass is 28.4. The van der Waals surface area contributed by atoms with Crippen LogP contribution in [0.4, 0.5) is 0 Å². The number of benzene rings is 2. The van der Waals surface area contributed by atoms with Crippen molar-refractivity contribution in [2.75, 3.05) is 6.61 Å². The molecule has 132 valence electrons. The molecule has 0 spiro atoms. The molecule has 3 rings (SSSR count). The van der Waals surface area contributed by atoms with Gasteiger partial charge in [0.05, 0.1) is 6.10 Å². The summed E-state index contributed by atoms with van der Waals surface area (Å²) in [6.07, 6.45) is 3.28. The second-order valence-corrected chi connectivity index (χ2v) is 12.0. The molecule has 2 nitrogen and oxygen atoms in total. The van der Waals surface area contributed by atoms with Crippen molar-refractivity contribution < 1.29 is 9.16 Å². The van der Waals surface area contributed by atoms with Gasteiger partial charge in [-0.1, -0.05) is 87.5 Å². The highest BCUT2D eigenvalue weighted by molar-refractivity contribution is 6.99. The molecule has 1 aliphatic rings. The zero-order valence-corrected chi connectivity index (χ0v) is 16.4. The largest absolute Gasteiger partial charge is 0.407 e. The van der Waals surface area contributed by atoms with Crippen molar-refractivity contribution in [2.45, 2.75) is 44.4 Å². The van der Waals surface area contributed by atoms with E-state index < -0.39 is 8.32 Å². The summed E-state index contributed by atoms with van der Waals surface area (Å²) in [6, 6.07) is 21.5. The summed E-state index contributed by atoms with van der Waals surface area (Å²) >= 11 is 0. The lowest BCUT2D eigenvalue weighted by atomic mass is 10.2. The van der Waals surface area contributed by atoms with Gasteiger partial charge < -0.3 is 9.16 Å². The van der Waals surface area contributed by atoms with Crippen molar-refractivity contribution in [3.63, 3.8) is 0 Å². The van der Waals surface area contributed by atoms with Gasteiger partial charge in [-0.15, -0.1) is 6.58 Å². The van der Waals surface area contributed by atoms with Crippen LogP contribution in [0, 0.1) is 0 Å². The number of rotatable bonds is 7. The first-order chi connectivity index (χ1) is 12.0. The average molecular weight is 353 g/mol. The molecule has 0 saturated carbocycles. The fraction of sp³-hybridized carbons (Fsp3) is 0.364. The predicted molar refractivity (Wildman–Crippen MR) is 107 cm³/mol. The molecule has 3 heteroatoms. The molecule has 0 aromatic heterocycles. The molecule has 0 amide bonds. The topological polar surface area (TPSA) is 21.8 Å². The molecule has 1 fully saturated rings. The third-order valence-electron chi connectivity index (χ3n) is 4.99. The number of hydrogen-bond acceptors (Lipinski definition) is 2. The summed E-state index contributed by atoms with van der Waals surface area (Å²) in [5, 5.41) is 2.68. The van der Waals surface area contributed by atoms with E-state index in [-0.39, 0.29) is 17.2 Å². The van der Waals surface area contributed by atoms with Crippen LogP contribution in [-0.2, 0) is 9.16 Å². The molecule has 0 unspecified atom stereocenters. The molecule has 0 aliphatic carbocycles. The Morgan fingerprint density at radius 3 is 1.92 bits per heavy atom. The predicted octanol–water partition coefficient (Wildman–Crippen LogP) is 3.91. The van der Waals surface area contributed by atoms with Crippen LogP contribution in [0.5, 0.6) is 0 Å². The molecule has 1 heterocycles. The zero-order chi connectivity index (χ0) is 17.9. The molecule has 0 bridgehead atoms. The van der Waals surface area contributed by atoms with Gasteiger partial charge in [-0.25, -0.2) is 0 Å². The van der Waals surface area contributed by atoms with Crippen molar-refractivity contribution in [3.8, 4) is 0 Å². The molecule has 2 atom stereocenters. The van der Waals surface area contributed by atoms with Crippen molar-refractivity contribution in [1.29, 1.82) is 0 Å². The van der Waals surface area contributed by atoms with E-state index in [2.05, 4.69) is 88.0 Å². The molecule has 0 radical (unpaired) electrons. The Balaban J connectivity index is 1.95. The van der Waals surface area contributed by atoms with Gasteiger partial charge in [-0.2, -0.15) is 0 Å². The maximum absolute atomic E-state index is 6.83. The SMILES string of the molecule is C=C[C@@H]1O[C@H]1CCO[Si](c1ccccc1)(c1ccccc1)C(C)(C)C. The van der Waals surface area contributed by atoms with Crippen LogP contribution in [0.1, 0.15) is 27.2 Å². The fourth-order valence-corrected chi connectivity index (χ4v) is 8.27. The summed E-state index contributed by atoms with van der Waals surface area (Å²) in [5.74, 6) is 0. The minimum absolute atomic E-state index is 0.0257. The van der Waals surface area contributed by atoms with E-state index in [9.17, 15) is 0 Å². The summed E-state index contributed by atoms with van der Waals surface area (Å²) in [5.41, 5.74) is 0. The first-order valence-electron chi connectivity index (χ1n) is 9.02. The lowest BCUT2D eigenvalue weighted by Gasteiger charge is -2.43. The standard InChI is InChI=1S/C22H28O2Si/c1-5-20-21(24-20)16-17-23-25(22(2,3)4,18-12-8-6-9-13-18)19-14-10-7-11-15-19/h5-15,20-21H,1,16-17H2,2-4H3/t20-,21-/m0/s1. The van der Waals surface area contributed by atoms with Crippen LogP contribution in [0.15, 0.2) is 73.3 Å². The Kier molecular flexibility index (Phi) is 5.28. The third kappa shape index (κ3) is 3.64. The van der Waals surface area contributed by atoms with Crippen molar-refractivity contribution >= 4 is 18.7 Å². The van der Waals surface area contributed by atoms with Gasteiger partial charge in [0.15, 0.2) is 0 Å². The molecule has 25 heavy (non-hydrogen) atoms. The monoisotopic (exact) mass is 352 g/mol. The Bertz CT molecular complexity index is 651. The Hall–Kier alpha value is -1.68. The molecule has 0 N–H and O–H groups in total. The second kappa shape index (κ2) is 7.28. The van der Waals surface area contributed by atoms with Gasteiger partial charge >= 0.3 is 0 Å². The molecule has 2 aromatic carbocycles. The van der Waals surface area contributed by atoms with Crippen molar-refractivity contribution in [3.05, 3.63) is 73.3 Å². The summed E-state index contributed by atoms with van der Waals surface area (Å²) in [6.45, 7) is 11.4. The number of hydrogen-bond donors (Lipinski definition) is 0. The molecule has 1 aliphatic heterocycles. The van der Waals surface area contributed by atoms with Crippen LogP contribution in [0.3, 0.4) is 0 Å². The molecule has 2 aromatic rings. The van der Waals surface area contributed by atoms with Crippen molar-refractivity contribution in [2.24, 2.45) is 0 Å². The summed E-state index contributed by atoms with van der Waals surface area (Å²) in [7, 11) is -2.40. The third-order valence-corrected chi connectivity index (χ3v) is 10.0. The normalized spacial score (nSPS) is 20.3. The van der Waals surface area contributed by atoms with Gasteiger partial charge in [0.25, 0.3) is 8.32 Å². The van der Waals surface area contributed by atoms with E-state index in [1.165, 1.54) is 10.4 Å². The van der Waals surface area contributed by atoms with Crippen LogP contribution in [-0.4, -0.2) is 27.1 Å². The van der Waals surface area contributed by atoms with Gasteiger partial charge in [0.1, 0.15) is 6.10 Å². The first kappa shape index (κ1) is 18.1. The van der Waals surface area contributed by atoms with Crippen LogP contribution in [0.25, 0.3) is 0 Å². The fourth-order valence-electron chi connectivity index (χ4n) is 3.69. The highest BCUT2D eigenvalue weighted by Crippen LogP contribution is 2.37. The van der Waals surface area contributed by atoms with Crippen LogP contribution in [0.2, 0.25) is 5.04 Å². The second-order valence-electron chi connectivity index (χ2n) is 7.68. The minimum atomic E-state index is -2.40. The van der Waals surface area contributed by atoms with Crippen LogP contribution >= 0.6 is 0 Å².